The normalized spacial score (nSPS) is 12.5. The number of anilines is 6. The van der Waals surface area contributed by atoms with Crippen molar-refractivity contribution < 1.29 is 0 Å². The smallest absolute Gasteiger partial charge is 0.0541 e. The van der Waals surface area contributed by atoms with Gasteiger partial charge in [0.2, 0.25) is 0 Å². The van der Waals surface area contributed by atoms with E-state index in [-0.39, 0.29) is 5.41 Å². The number of aromatic nitrogens is 1. The quantitative estimate of drug-likeness (QED) is 0.126. The van der Waals surface area contributed by atoms with E-state index in [9.17, 15) is 0 Å². The Bertz CT molecular complexity index is 5320. The summed E-state index contributed by atoms with van der Waals surface area (Å²) in [7, 11) is 0. The molecule has 0 bridgehead atoms. The van der Waals surface area contributed by atoms with Crippen LogP contribution in [0.1, 0.15) is 25.0 Å². The molecule has 1 aromatic heterocycles. The number of benzene rings is 15. The van der Waals surface area contributed by atoms with Crippen LogP contribution in [-0.2, 0) is 5.41 Å². The van der Waals surface area contributed by atoms with E-state index in [0.29, 0.717) is 0 Å². The molecule has 1 heterocycles. The highest BCUT2D eigenvalue weighted by atomic mass is 15.1. The molecule has 15 aromatic carbocycles. The van der Waals surface area contributed by atoms with Gasteiger partial charge in [0.15, 0.2) is 0 Å². The lowest BCUT2D eigenvalue weighted by molar-refractivity contribution is 0.660. The van der Waals surface area contributed by atoms with E-state index in [1.54, 1.807) is 0 Å². The van der Waals surface area contributed by atoms with Gasteiger partial charge in [-0.25, -0.2) is 0 Å². The fourth-order valence-electron chi connectivity index (χ4n) is 14.5. The Labute approximate surface area is 512 Å². The summed E-state index contributed by atoms with van der Waals surface area (Å²) in [6.07, 6.45) is 0. The van der Waals surface area contributed by atoms with Crippen LogP contribution >= 0.6 is 0 Å². The topological polar surface area (TPSA) is 11.4 Å². The molecule has 3 heteroatoms. The molecule has 88 heavy (non-hydrogen) atoms. The highest BCUT2D eigenvalue weighted by Crippen LogP contribution is 2.53. The molecule has 0 N–H and O–H groups in total. The molecule has 1 aliphatic carbocycles. The van der Waals surface area contributed by atoms with Gasteiger partial charge in [-0.15, -0.1) is 0 Å². The molecule has 0 spiro atoms. The summed E-state index contributed by atoms with van der Waals surface area (Å²) < 4.78 is 2.39. The zero-order chi connectivity index (χ0) is 58.5. The maximum atomic E-state index is 2.45. The highest BCUT2D eigenvalue weighted by Gasteiger charge is 2.37. The molecule has 0 amide bonds. The Morgan fingerprint density at radius 3 is 1.14 bits per heavy atom. The van der Waals surface area contributed by atoms with Crippen molar-refractivity contribution in [1.82, 2.24) is 4.57 Å². The molecule has 0 saturated carbocycles. The van der Waals surface area contributed by atoms with Gasteiger partial charge in [-0.05, 0) is 208 Å². The molecule has 3 nitrogen and oxygen atoms in total. The van der Waals surface area contributed by atoms with Crippen molar-refractivity contribution in [3.8, 4) is 50.2 Å². The van der Waals surface area contributed by atoms with Crippen LogP contribution in [0, 0.1) is 0 Å². The Morgan fingerprint density at radius 1 is 0.227 bits per heavy atom. The van der Waals surface area contributed by atoms with Crippen molar-refractivity contribution in [2.75, 3.05) is 9.80 Å². The minimum absolute atomic E-state index is 0.291. The lowest BCUT2D eigenvalue weighted by atomic mass is 9.82. The van der Waals surface area contributed by atoms with Crippen molar-refractivity contribution in [3.05, 3.63) is 333 Å². The lowest BCUT2D eigenvalue weighted by Crippen LogP contribution is -2.17. The van der Waals surface area contributed by atoms with Crippen molar-refractivity contribution in [2.45, 2.75) is 19.3 Å². The fourth-order valence-corrected chi connectivity index (χ4v) is 14.5. The van der Waals surface area contributed by atoms with Crippen LogP contribution < -0.4 is 9.80 Å². The van der Waals surface area contributed by atoms with Crippen LogP contribution in [0.3, 0.4) is 0 Å². The molecule has 0 radical (unpaired) electrons. The maximum absolute atomic E-state index is 2.45. The number of nitrogens with zero attached hydrogens (tertiary/aromatic N) is 3. The van der Waals surface area contributed by atoms with E-state index in [0.717, 1.165) is 39.8 Å². The summed E-state index contributed by atoms with van der Waals surface area (Å²) in [5.41, 5.74) is 22.3. The van der Waals surface area contributed by atoms with E-state index in [2.05, 4.69) is 350 Å². The molecule has 1 aliphatic rings. The predicted octanol–water partition coefficient (Wildman–Crippen LogP) is 23.6. The second kappa shape index (κ2) is 20.5. The van der Waals surface area contributed by atoms with Crippen LogP contribution in [0.15, 0.2) is 322 Å². The van der Waals surface area contributed by atoms with E-state index in [1.165, 1.54) is 121 Å². The Kier molecular flexibility index (Phi) is 11.9. The zero-order valence-electron chi connectivity index (χ0n) is 48.9. The third kappa shape index (κ3) is 8.27. The van der Waals surface area contributed by atoms with Gasteiger partial charge < -0.3 is 14.4 Å². The SMILES string of the molecule is CC1(C)c2cc(N(c3ccccc3)c3ccccc3)ccc2-c2ccc(N(c3ccc(-c4ccc5c6ccccc6c6ccccc6c5c4)cc3)c3ccc(-c4ccc(-c5ccc6c(c5)c5ccccc5n6-c5ccccc5)c5ccccc45)cc3)cc21. The molecule has 0 fully saturated rings. The first-order valence-electron chi connectivity index (χ1n) is 30.6. The van der Waals surface area contributed by atoms with Crippen LogP contribution in [0.5, 0.6) is 0 Å². The minimum Gasteiger partial charge on any atom is -0.310 e. The Morgan fingerprint density at radius 2 is 0.591 bits per heavy atom. The molecule has 0 saturated heterocycles. The summed E-state index contributed by atoms with van der Waals surface area (Å²) in [5, 5.41) is 12.6. The van der Waals surface area contributed by atoms with Crippen LogP contribution in [-0.4, -0.2) is 4.57 Å². The second-order valence-corrected chi connectivity index (χ2v) is 24.0. The predicted molar refractivity (Wildman–Crippen MR) is 374 cm³/mol. The average molecular weight is 1120 g/mol. The summed E-state index contributed by atoms with van der Waals surface area (Å²) in [4.78, 5) is 4.81. The zero-order valence-corrected chi connectivity index (χ0v) is 48.9. The fraction of sp³-hybridized carbons (Fsp3) is 0.0353. The van der Waals surface area contributed by atoms with E-state index < -0.39 is 0 Å². The van der Waals surface area contributed by atoms with Crippen LogP contribution in [0.4, 0.5) is 34.1 Å². The largest absolute Gasteiger partial charge is 0.310 e. The number of hydrogen-bond donors (Lipinski definition) is 0. The van der Waals surface area contributed by atoms with E-state index in [4.69, 9.17) is 0 Å². The summed E-state index contributed by atoms with van der Waals surface area (Å²) in [5.74, 6) is 0. The Balaban J connectivity index is 0.761. The molecule has 0 aliphatic heterocycles. The molecule has 16 aromatic rings. The maximum Gasteiger partial charge on any atom is 0.0541 e. The monoisotopic (exact) mass is 1120 g/mol. The molecular weight excluding hydrogens is 1060 g/mol. The van der Waals surface area contributed by atoms with Gasteiger partial charge in [0.25, 0.3) is 0 Å². The second-order valence-electron chi connectivity index (χ2n) is 24.0. The number of rotatable bonds is 10. The summed E-state index contributed by atoms with van der Waals surface area (Å²) in [6, 6.07) is 119. The van der Waals surface area contributed by atoms with Crippen molar-refractivity contribution in [2.24, 2.45) is 0 Å². The van der Waals surface area contributed by atoms with Gasteiger partial charge >= 0.3 is 0 Å². The molecule has 0 unspecified atom stereocenters. The molecule has 0 atom stereocenters. The van der Waals surface area contributed by atoms with Crippen molar-refractivity contribution in [1.29, 1.82) is 0 Å². The van der Waals surface area contributed by atoms with Crippen molar-refractivity contribution in [3.63, 3.8) is 0 Å². The van der Waals surface area contributed by atoms with Gasteiger partial charge in [0, 0.05) is 56.0 Å². The first-order valence-corrected chi connectivity index (χ1v) is 30.6. The van der Waals surface area contributed by atoms with Gasteiger partial charge in [0.05, 0.1) is 11.0 Å². The van der Waals surface area contributed by atoms with Crippen molar-refractivity contribution >= 4 is 99.0 Å². The van der Waals surface area contributed by atoms with Gasteiger partial charge in [-0.3, -0.25) is 0 Å². The minimum atomic E-state index is -0.291. The number of para-hydroxylation sites is 4. The average Bonchev–Trinajstić information content (AvgIpc) is 1.71. The van der Waals surface area contributed by atoms with Gasteiger partial charge in [0.1, 0.15) is 0 Å². The summed E-state index contributed by atoms with van der Waals surface area (Å²) >= 11 is 0. The third-order valence-electron chi connectivity index (χ3n) is 18.7. The van der Waals surface area contributed by atoms with Gasteiger partial charge in [-0.1, -0.05) is 226 Å². The Hall–Kier alpha value is -11.3. The van der Waals surface area contributed by atoms with E-state index in [1.807, 2.05) is 0 Å². The first kappa shape index (κ1) is 51.2. The first-order chi connectivity index (χ1) is 43.4. The lowest BCUT2D eigenvalue weighted by Gasteiger charge is -2.29. The molecular formula is C85H59N3. The number of hydrogen-bond acceptors (Lipinski definition) is 2. The standard InChI is InChI=1S/C85H59N3/c1-85(2)81-54-65(86(60-20-6-3-7-21-60)61-22-8-4-9-23-61)44-47-76(81)77-48-45-66(55-82(77)85)87(63-40-34-56(35-41-63)58-38-46-75-73-30-15-14-28-71(73)72-29-16-17-31-74(72)79(75)52-58)64-42-36-57(37-43-64)67-49-50-68(70-27-13-12-26-69(67)70)59-39-51-84-80(53-59)78-32-18-19-33-83(78)88(84)62-24-10-5-11-25-62/h3-55H,1-2H3. The highest BCUT2D eigenvalue weighted by molar-refractivity contribution is 6.26. The molecule has 414 valence electrons. The number of fused-ring (bicyclic) bond motifs is 13. The summed E-state index contributed by atoms with van der Waals surface area (Å²) in [6.45, 7) is 4.78. The van der Waals surface area contributed by atoms with Crippen LogP contribution in [0.2, 0.25) is 0 Å². The van der Waals surface area contributed by atoms with Crippen LogP contribution in [0.25, 0.3) is 115 Å². The third-order valence-corrected chi connectivity index (χ3v) is 18.7. The van der Waals surface area contributed by atoms with Gasteiger partial charge in [-0.2, -0.15) is 0 Å². The molecule has 17 rings (SSSR count). The van der Waals surface area contributed by atoms with E-state index >= 15 is 0 Å².